The van der Waals surface area contributed by atoms with Gasteiger partial charge >= 0.3 is 0 Å². The van der Waals surface area contributed by atoms with E-state index in [2.05, 4.69) is 382 Å². The molecule has 0 saturated carbocycles. The van der Waals surface area contributed by atoms with E-state index in [1.165, 1.54) is 33.4 Å². The van der Waals surface area contributed by atoms with Crippen LogP contribution in [0.3, 0.4) is 0 Å². The van der Waals surface area contributed by atoms with Gasteiger partial charge in [0.15, 0.2) is 11.6 Å². The summed E-state index contributed by atoms with van der Waals surface area (Å²) in [6.07, 6.45) is 0. The molecule has 0 saturated heterocycles. The second-order valence-corrected chi connectivity index (χ2v) is 29.5. The van der Waals surface area contributed by atoms with Crippen molar-refractivity contribution in [2.75, 3.05) is 0 Å². The average molecular weight is 1480 g/mol. The molecule has 538 valence electrons. The second kappa shape index (κ2) is 28.3. The number of nitrogens with zero attached hydrogens (tertiary/aromatic N) is 8. The topological polar surface area (TPSA) is 103 Å². The lowest BCUT2D eigenvalue weighted by atomic mass is 9.89. The van der Waals surface area contributed by atoms with Crippen molar-refractivity contribution >= 4 is 120 Å². The van der Waals surface area contributed by atoms with Crippen LogP contribution >= 0.6 is 0 Å². The molecule has 6 aromatic heterocycles. The summed E-state index contributed by atoms with van der Waals surface area (Å²) in [6.45, 7) is 0. The molecule has 0 spiro atoms. The monoisotopic (exact) mass is 1470 g/mol. The maximum absolute atomic E-state index is 5.55. The number of hydrogen-bond acceptors (Lipinski definition) is 8. The Morgan fingerprint density at radius 3 is 0.905 bits per heavy atom. The number of para-hydroxylation sites is 4. The van der Waals surface area contributed by atoms with E-state index in [0.29, 0.717) is 11.6 Å². The Balaban J connectivity index is 0.000000141. The van der Waals surface area contributed by atoms with Crippen LogP contribution in [-0.4, -0.2) is 39.9 Å². The van der Waals surface area contributed by atoms with Crippen molar-refractivity contribution in [3.8, 4) is 112 Å². The average Bonchev–Trinajstić information content (AvgIpc) is 0.734. The molecule has 23 aromatic rings. The normalized spacial score (nSPS) is 11.6. The van der Waals surface area contributed by atoms with Crippen molar-refractivity contribution in [3.63, 3.8) is 0 Å². The third kappa shape index (κ3) is 11.7. The van der Waals surface area contributed by atoms with Crippen molar-refractivity contribution in [1.82, 2.24) is 39.9 Å². The van der Waals surface area contributed by atoms with Gasteiger partial charge in [0.1, 0.15) is 0 Å². The summed E-state index contributed by atoms with van der Waals surface area (Å²) >= 11 is 0. The van der Waals surface area contributed by atoms with Crippen molar-refractivity contribution < 1.29 is 0 Å². The van der Waals surface area contributed by atoms with E-state index in [9.17, 15) is 0 Å². The third-order valence-corrected chi connectivity index (χ3v) is 22.7. The minimum atomic E-state index is 0.690. The molecule has 0 atom stereocenters. The Morgan fingerprint density at radius 1 is 0.138 bits per heavy atom. The zero-order valence-corrected chi connectivity index (χ0v) is 62.7. The molecular formula is C108H66N8. The number of rotatable bonds is 10. The molecule has 0 amide bonds. The molecule has 17 aromatic carbocycles. The summed E-state index contributed by atoms with van der Waals surface area (Å²) in [5.74, 6) is 1.38. The molecule has 8 heteroatoms. The molecular weight excluding hydrogens is 1410 g/mol. The lowest BCUT2D eigenvalue weighted by Crippen LogP contribution is -1.98. The van der Waals surface area contributed by atoms with Crippen LogP contribution < -0.4 is 0 Å². The van der Waals surface area contributed by atoms with E-state index >= 15 is 0 Å². The van der Waals surface area contributed by atoms with Gasteiger partial charge in [0.2, 0.25) is 0 Å². The quantitative estimate of drug-likeness (QED) is 0.0985. The van der Waals surface area contributed by atoms with Crippen molar-refractivity contribution in [1.29, 1.82) is 0 Å². The third-order valence-electron chi connectivity index (χ3n) is 22.7. The van der Waals surface area contributed by atoms with Crippen LogP contribution in [0.15, 0.2) is 400 Å². The molecule has 0 bridgehead atoms. The van der Waals surface area contributed by atoms with E-state index < -0.39 is 0 Å². The minimum absolute atomic E-state index is 0.690. The lowest BCUT2D eigenvalue weighted by molar-refractivity contribution is 1.23. The van der Waals surface area contributed by atoms with E-state index in [0.717, 1.165) is 187 Å². The first-order valence-electron chi connectivity index (χ1n) is 39.2. The smallest absolute Gasteiger partial charge is 0.161 e. The predicted octanol–water partition coefficient (Wildman–Crippen LogP) is 27.9. The Bertz CT molecular complexity index is 7800. The number of pyridine rings is 4. The van der Waals surface area contributed by atoms with E-state index in [-0.39, 0.29) is 0 Å². The van der Waals surface area contributed by atoms with E-state index in [4.69, 9.17) is 39.9 Å². The molecule has 0 aliphatic rings. The van der Waals surface area contributed by atoms with Crippen LogP contribution in [0.4, 0.5) is 0 Å². The molecule has 0 N–H and O–H groups in total. The number of aromatic nitrogens is 8. The van der Waals surface area contributed by atoms with Gasteiger partial charge in [-0.3, -0.25) is 0 Å². The highest BCUT2D eigenvalue weighted by Gasteiger charge is 2.25. The maximum Gasteiger partial charge on any atom is 0.161 e. The van der Waals surface area contributed by atoms with Crippen LogP contribution in [0.2, 0.25) is 0 Å². The number of benzene rings is 17. The van der Waals surface area contributed by atoms with Crippen molar-refractivity contribution in [3.05, 3.63) is 400 Å². The molecule has 116 heavy (non-hydrogen) atoms. The Labute approximate surface area is 667 Å². The minimum Gasteiger partial charge on any atom is -0.245 e. The summed E-state index contributed by atoms with van der Waals surface area (Å²) in [4.78, 5) is 42.7. The van der Waals surface area contributed by atoms with Crippen LogP contribution in [0, 0.1) is 0 Å². The molecule has 6 heterocycles. The number of hydrogen-bond donors (Lipinski definition) is 0. The highest BCUT2D eigenvalue weighted by atomic mass is 14.9. The van der Waals surface area contributed by atoms with Crippen LogP contribution in [0.5, 0.6) is 0 Å². The van der Waals surface area contributed by atoms with Gasteiger partial charge in [-0.15, -0.1) is 0 Å². The Kier molecular flexibility index (Phi) is 16.4. The van der Waals surface area contributed by atoms with Gasteiger partial charge in [0.05, 0.1) is 66.9 Å². The predicted molar refractivity (Wildman–Crippen MR) is 482 cm³/mol. The molecule has 0 aliphatic carbocycles. The highest BCUT2D eigenvalue weighted by molar-refractivity contribution is 6.23. The fourth-order valence-corrected chi connectivity index (χ4v) is 17.3. The van der Waals surface area contributed by atoms with Crippen LogP contribution in [0.25, 0.3) is 232 Å². The maximum atomic E-state index is 5.55. The van der Waals surface area contributed by atoms with Gasteiger partial charge in [-0.25, -0.2) is 39.9 Å². The SMILES string of the molecule is c1ccc(-c2ccc(-c3nc(-c4c5ccccc5c(-c5ccc6ccc7c(-c8ccccc8)c8ccccc8nc7c6n5)c5ccccc45)nc4ccccc34)cc2)cc1.c1ccc(-c2ccc(-c3nc(-c4ccc(-c5ccc6ccc7c(-c8ccccc8)c8ccccc8nc7c6n5)c5ccccc45)nc4ccccc34)cc2)cc1. The van der Waals surface area contributed by atoms with Gasteiger partial charge in [-0.1, -0.05) is 358 Å². The van der Waals surface area contributed by atoms with Gasteiger partial charge < -0.3 is 0 Å². The fraction of sp³-hybridized carbons (Fsp3) is 0. The summed E-state index contributed by atoms with van der Waals surface area (Å²) in [5.41, 5.74) is 26.5. The molecule has 0 radical (unpaired) electrons. The van der Waals surface area contributed by atoms with Crippen LogP contribution in [0.1, 0.15) is 0 Å². The van der Waals surface area contributed by atoms with E-state index in [1.54, 1.807) is 0 Å². The van der Waals surface area contributed by atoms with Crippen molar-refractivity contribution in [2.45, 2.75) is 0 Å². The zero-order valence-electron chi connectivity index (χ0n) is 62.7. The molecule has 0 aliphatic heterocycles. The molecule has 23 rings (SSSR count). The van der Waals surface area contributed by atoms with Gasteiger partial charge in [0, 0.05) is 87.6 Å². The van der Waals surface area contributed by atoms with Crippen molar-refractivity contribution in [2.24, 2.45) is 0 Å². The molecule has 0 fully saturated rings. The zero-order chi connectivity index (χ0) is 76.6. The summed E-state index contributed by atoms with van der Waals surface area (Å²) in [7, 11) is 0. The first-order valence-corrected chi connectivity index (χ1v) is 39.2. The van der Waals surface area contributed by atoms with Gasteiger partial charge in [0.25, 0.3) is 0 Å². The molecule has 8 nitrogen and oxygen atoms in total. The second-order valence-electron chi connectivity index (χ2n) is 29.5. The summed E-state index contributed by atoms with van der Waals surface area (Å²) in [6, 6.07) is 140. The molecule has 0 unspecified atom stereocenters. The largest absolute Gasteiger partial charge is 0.245 e. The number of fused-ring (bicyclic) bond motifs is 13. The first-order chi connectivity index (χ1) is 57.5. The Morgan fingerprint density at radius 2 is 0.448 bits per heavy atom. The Hall–Kier alpha value is -15.6. The first kappa shape index (κ1) is 67.3. The van der Waals surface area contributed by atoms with E-state index in [1.807, 2.05) is 18.2 Å². The van der Waals surface area contributed by atoms with Gasteiger partial charge in [-0.2, -0.15) is 0 Å². The standard InChI is InChI=1S/C56H34N4.C52H32N4/c1-3-15-35(16-4-1)36-27-29-38(30-28-36)53-45-24-12-14-26-48(45)59-56(60-53)52-42-21-9-7-19-40(42)51(41-20-8-10-22-43(41)52)49-34-32-39-31-33-46-50(37-17-5-2-6-18-37)44-23-11-13-25-47(44)57-55(46)54(39)58-49;1-3-13-33(14-4-1)34-23-25-36(26-24-34)49-43-20-10-12-22-46(43)55-52(56-49)41-31-30-40(38-17-7-8-18-39(38)41)47-32-28-37-27-29-44-48(35-15-5-2-6-16-35)42-19-9-11-21-45(42)54-51(44)50(37)53-47/h1-34H;1-32H. The summed E-state index contributed by atoms with van der Waals surface area (Å²) in [5, 5.41) is 15.1. The van der Waals surface area contributed by atoms with Gasteiger partial charge in [-0.05, 0) is 108 Å². The highest BCUT2D eigenvalue weighted by Crippen LogP contribution is 2.47. The van der Waals surface area contributed by atoms with Crippen LogP contribution in [-0.2, 0) is 0 Å². The fourth-order valence-electron chi connectivity index (χ4n) is 17.3. The summed E-state index contributed by atoms with van der Waals surface area (Å²) < 4.78 is 0. The lowest BCUT2D eigenvalue weighted by Gasteiger charge is -2.18.